The van der Waals surface area contributed by atoms with Crippen LogP contribution in [0.2, 0.25) is 0 Å². The molecular formula is C22H27N3O5S. The minimum absolute atomic E-state index is 0.110. The number of sulfonamides is 1. The molecule has 2 amide bonds. The Bertz CT molecular complexity index is 1040. The molecule has 0 bridgehead atoms. The fraction of sp³-hybridized carbons (Fsp3) is 0.364. The molecule has 31 heavy (non-hydrogen) atoms. The van der Waals surface area contributed by atoms with E-state index in [2.05, 4.69) is 15.4 Å². The summed E-state index contributed by atoms with van der Waals surface area (Å²) in [5.41, 5.74) is 1.27. The summed E-state index contributed by atoms with van der Waals surface area (Å²) in [6.07, 6.45) is 0.412. The van der Waals surface area contributed by atoms with Gasteiger partial charge in [0, 0.05) is 30.0 Å². The summed E-state index contributed by atoms with van der Waals surface area (Å²) in [7, 11) is -2.41. The number of methoxy groups -OCH3 is 1. The highest BCUT2D eigenvalue weighted by Crippen LogP contribution is 2.27. The number of hydrogen-bond donors (Lipinski definition) is 2. The maximum atomic E-state index is 13.1. The summed E-state index contributed by atoms with van der Waals surface area (Å²) in [6.45, 7) is 5.06. The molecule has 2 aromatic rings. The summed E-state index contributed by atoms with van der Waals surface area (Å²) in [5, 5.41) is 5.25. The zero-order valence-corrected chi connectivity index (χ0v) is 18.6. The van der Waals surface area contributed by atoms with Gasteiger partial charge in [0.1, 0.15) is 0 Å². The number of hydrogen-bond acceptors (Lipinski definition) is 5. The van der Waals surface area contributed by atoms with Gasteiger partial charge in [-0.05, 0) is 60.7 Å². The lowest BCUT2D eigenvalue weighted by atomic mass is 9.94. The lowest BCUT2D eigenvalue weighted by Gasteiger charge is -2.34. The molecule has 1 fully saturated rings. The van der Waals surface area contributed by atoms with Gasteiger partial charge < -0.3 is 10.1 Å². The Morgan fingerprint density at radius 3 is 2.13 bits per heavy atom. The third-order valence-electron chi connectivity index (χ3n) is 5.14. The van der Waals surface area contributed by atoms with Crippen LogP contribution in [0.4, 0.5) is 16.2 Å². The standard InChI is InChI=1S/C22H27N3O5S/c1-15-11-16(2)14-25(13-15)31(28,29)20-6-4-5-17(12-20)21(26)23-18-7-9-19(10-8-18)24-22(27)30-3/h4-10,12,15-16H,11,13-14H2,1-3H3,(H,23,26)(H,24,27). The van der Waals surface area contributed by atoms with Crippen LogP contribution < -0.4 is 10.6 Å². The highest BCUT2D eigenvalue weighted by molar-refractivity contribution is 7.89. The van der Waals surface area contributed by atoms with E-state index in [9.17, 15) is 18.0 Å². The SMILES string of the molecule is COC(=O)Nc1ccc(NC(=O)c2cccc(S(=O)(=O)N3CC(C)CC(C)C3)c2)cc1. The van der Waals surface area contributed by atoms with Crippen LogP contribution in [0.25, 0.3) is 0 Å². The van der Waals surface area contributed by atoms with Gasteiger partial charge in [0.25, 0.3) is 5.91 Å². The monoisotopic (exact) mass is 445 g/mol. The average molecular weight is 446 g/mol. The summed E-state index contributed by atoms with van der Waals surface area (Å²) >= 11 is 0. The van der Waals surface area contributed by atoms with Crippen molar-refractivity contribution in [2.75, 3.05) is 30.8 Å². The Morgan fingerprint density at radius 2 is 1.55 bits per heavy atom. The summed E-state index contributed by atoms with van der Waals surface area (Å²) < 4.78 is 32.3. The first-order valence-electron chi connectivity index (χ1n) is 10.1. The average Bonchev–Trinajstić information content (AvgIpc) is 2.74. The van der Waals surface area contributed by atoms with Gasteiger partial charge in [0.05, 0.1) is 12.0 Å². The van der Waals surface area contributed by atoms with Gasteiger partial charge in [0.2, 0.25) is 10.0 Å². The minimum Gasteiger partial charge on any atom is -0.453 e. The van der Waals surface area contributed by atoms with E-state index in [1.165, 1.54) is 23.5 Å². The van der Waals surface area contributed by atoms with Crippen LogP contribution in [0.3, 0.4) is 0 Å². The van der Waals surface area contributed by atoms with Gasteiger partial charge in [-0.25, -0.2) is 13.2 Å². The van der Waals surface area contributed by atoms with Crippen molar-refractivity contribution in [2.45, 2.75) is 25.2 Å². The molecule has 166 valence electrons. The van der Waals surface area contributed by atoms with E-state index in [0.29, 0.717) is 36.3 Å². The number of amides is 2. The number of rotatable bonds is 5. The van der Waals surface area contributed by atoms with Crippen molar-refractivity contribution in [2.24, 2.45) is 11.8 Å². The van der Waals surface area contributed by atoms with Crippen LogP contribution in [-0.2, 0) is 14.8 Å². The van der Waals surface area contributed by atoms with Crippen molar-refractivity contribution in [1.82, 2.24) is 4.31 Å². The molecule has 1 aliphatic heterocycles. The maximum absolute atomic E-state index is 13.1. The second-order valence-electron chi connectivity index (χ2n) is 7.94. The lowest BCUT2D eigenvalue weighted by molar-refractivity contribution is 0.102. The smallest absolute Gasteiger partial charge is 0.411 e. The third-order valence-corrected chi connectivity index (χ3v) is 6.97. The Balaban J connectivity index is 1.73. The van der Waals surface area contributed by atoms with E-state index in [1.807, 2.05) is 13.8 Å². The highest BCUT2D eigenvalue weighted by atomic mass is 32.2. The number of carbonyl (C=O) groups excluding carboxylic acids is 2. The van der Waals surface area contributed by atoms with E-state index >= 15 is 0 Å². The highest BCUT2D eigenvalue weighted by Gasteiger charge is 2.31. The Hall–Kier alpha value is -2.91. The first-order chi connectivity index (χ1) is 14.7. The number of benzene rings is 2. The van der Waals surface area contributed by atoms with E-state index in [0.717, 1.165) is 6.42 Å². The molecule has 0 radical (unpaired) electrons. The van der Waals surface area contributed by atoms with Gasteiger partial charge in [-0.2, -0.15) is 4.31 Å². The molecule has 0 aliphatic carbocycles. The number of ether oxygens (including phenoxy) is 1. The zero-order chi connectivity index (χ0) is 22.6. The molecule has 8 nitrogen and oxygen atoms in total. The minimum atomic E-state index is -3.68. The normalized spacial score (nSPS) is 19.5. The van der Waals surface area contributed by atoms with E-state index in [4.69, 9.17) is 0 Å². The summed E-state index contributed by atoms with van der Waals surface area (Å²) in [4.78, 5) is 24.0. The molecule has 0 saturated carbocycles. The number of nitrogens with zero attached hydrogens (tertiary/aromatic N) is 1. The van der Waals surface area contributed by atoms with Crippen LogP contribution in [0, 0.1) is 11.8 Å². The van der Waals surface area contributed by atoms with Crippen LogP contribution in [-0.4, -0.2) is 44.9 Å². The third kappa shape index (κ3) is 5.62. The zero-order valence-electron chi connectivity index (χ0n) is 17.8. The van der Waals surface area contributed by atoms with E-state index in [1.54, 1.807) is 36.4 Å². The van der Waals surface area contributed by atoms with Crippen LogP contribution in [0.5, 0.6) is 0 Å². The largest absolute Gasteiger partial charge is 0.453 e. The summed E-state index contributed by atoms with van der Waals surface area (Å²) in [5.74, 6) is 0.161. The fourth-order valence-corrected chi connectivity index (χ4v) is 5.48. The first kappa shape index (κ1) is 22.8. The van der Waals surface area contributed by atoms with Gasteiger partial charge in [0.15, 0.2) is 0 Å². The van der Waals surface area contributed by atoms with Crippen molar-refractivity contribution < 1.29 is 22.7 Å². The predicted molar refractivity (Wildman–Crippen MR) is 119 cm³/mol. The lowest BCUT2D eigenvalue weighted by Crippen LogP contribution is -2.42. The molecule has 0 aromatic heterocycles. The fourth-order valence-electron chi connectivity index (χ4n) is 3.76. The molecule has 1 heterocycles. The molecule has 1 aliphatic rings. The number of carbonyl (C=O) groups is 2. The first-order valence-corrected chi connectivity index (χ1v) is 11.5. The second-order valence-corrected chi connectivity index (χ2v) is 9.88. The quantitative estimate of drug-likeness (QED) is 0.729. The van der Waals surface area contributed by atoms with Crippen molar-refractivity contribution >= 4 is 33.4 Å². The Kier molecular flexibility index (Phi) is 6.97. The molecule has 1 saturated heterocycles. The number of nitrogens with one attached hydrogen (secondary N) is 2. The van der Waals surface area contributed by atoms with Gasteiger partial charge in [-0.3, -0.25) is 10.1 Å². The van der Waals surface area contributed by atoms with Crippen molar-refractivity contribution in [3.8, 4) is 0 Å². The molecule has 2 atom stereocenters. The summed E-state index contributed by atoms with van der Waals surface area (Å²) in [6, 6.07) is 12.6. The molecule has 0 spiro atoms. The topological polar surface area (TPSA) is 105 Å². The van der Waals surface area contributed by atoms with E-state index < -0.39 is 22.0 Å². The van der Waals surface area contributed by atoms with Gasteiger partial charge in [-0.1, -0.05) is 19.9 Å². The Morgan fingerprint density at radius 1 is 0.968 bits per heavy atom. The molecule has 3 rings (SSSR count). The van der Waals surface area contributed by atoms with Gasteiger partial charge >= 0.3 is 6.09 Å². The maximum Gasteiger partial charge on any atom is 0.411 e. The Labute approximate surface area is 182 Å². The van der Waals surface area contributed by atoms with Crippen LogP contribution in [0.15, 0.2) is 53.4 Å². The number of piperidine rings is 1. The molecule has 2 aromatic carbocycles. The molecule has 2 N–H and O–H groups in total. The van der Waals surface area contributed by atoms with E-state index in [-0.39, 0.29) is 10.5 Å². The molecule has 9 heteroatoms. The molecular weight excluding hydrogens is 418 g/mol. The second kappa shape index (κ2) is 9.49. The van der Waals surface area contributed by atoms with Gasteiger partial charge in [-0.15, -0.1) is 0 Å². The van der Waals surface area contributed by atoms with Crippen molar-refractivity contribution in [3.05, 3.63) is 54.1 Å². The molecule has 2 unspecified atom stereocenters. The van der Waals surface area contributed by atoms with Crippen molar-refractivity contribution in [3.63, 3.8) is 0 Å². The predicted octanol–water partition coefficient (Wildman–Crippen LogP) is 3.78. The van der Waals surface area contributed by atoms with Crippen LogP contribution in [0.1, 0.15) is 30.6 Å². The van der Waals surface area contributed by atoms with Crippen LogP contribution >= 0.6 is 0 Å². The number of anilines is 2. The van der Waals surface area contributed by atoms with Crippen molar-refractivity contribution in [1.29, 1.82) is 0 Å².